The number of anilines is 1. The summed E-state index contributed by atoms with van der Waals surface area (Å²) in [4.78, 5) is 22.8. The van der Waals surface area contributed by atoms with Crippen molar-refractivity contribution in [3.05, 3.63) is 30.1 Å². The minimum absolute atomic E-state index is 0.0268. The van der Waals surface area contributed by atoms with Gasteiger partial charge >= 0.3 is 0 Å². The maximum atomic E-state index is 13.1. The van der Waals surface area contributed by atoms with Gasteiger partial charge in [0.05, 0.1) is 12.2 Å². The van der Waals surface area contributed by atoms with E-state index in [0.29, 0.717) is 18.7 Å². The smallest absolute Gasteiger partial charge is 0.242 e. The molecule has 0 atom stereocenters. The Balaban J connectivity index is 2.27. The van der Waals surface area contributed by atoms with Crippen molar-refractivity contribution in [1.29, 1.82) is 0 Å². The van der Waals surface area contributed by atoms with Gasteiger partial charge in [-0.1, -0.05) is 6.07 Å². The molecule has 1 fully saturated rings. The van der Waals surface area contributed by atoms with Crippen LogP contribution in [0.15, 0.2) is 24.3 Å². The van der Waals surface area contributed by atoms with E-state index in [9.17, 15) is 14.0 Å². The molecule has 1 aliphatic heterocycles. The first-order valence-corrected chi connectivity index (χ1v) is 5.41. The van der Waals surface area contributed by atoms with Crippen molar-refractivity contribution in [2.75, 3.05) is 18.1 Å². The minimum Gasteiger partial charge on any atom is -0.298 e. The van der Waals surface area contributed by atoms with E-state index in [0.717, 1.165) is 0 Å². The predicted octanol–water partition coefficient (Wildman–Crippen LogP) is 1.37. The minimum atomic E-state index is -0.398. The number of halogens is 1. The highest BCUT2D eigenvalue weighted by Gasteiger charge is 2.30. The second-order valence-corrected chi connectivity index (χ2v) is 4.03. The number of carbonyl (C=O) groups excluding carboxylic acids is 2. The van der Waals surface area contributed by atoms with Crippen molar-refractivity contribution < 1.29 is 14.0 Å². The number of rotatable bonds is 3. The number of hydrogen-bond donors (Lipinski definition) is 0. The zero-order valence-electron chi connectivity index (χ0n) is 9.52. The summed E-state index contributed by atoms with van der Waals surface area (Å²) in [7, 11) is 0. The summed E-state index contributed by atoms with van der Waals surface area (Å²) in [6, 6.07) is 5.80. The molecule has 1 aromatic carbocycles. The van der Waals surface area contributed by atoms with Crippen LogP contribution in [0.3, 0.4) is 0 Å². The first-order chi connectivity index (χ1) is 8.08. The van der Waals surface area contributed by atoms with E-state index < -0.39 is 5.82 Å². The molecular weight excluding hydrogens is 223 g/mol. The van der Waals surface area contributed by atoms with Crippen LogP contribution in [0.4, 0.5) is 10.1 Å². The summed E-state index contributed by atoms with van der Waals surface area (Å²) in [5, 5.41) is 3.02. The van der Waals surface area contributed by atoms with Crippen LogP contribution in [0.25, 0.3) is 0 Å². The van der Waals surface area contributed by atoms with E-state index in [-0.39, 0.29) is 18.2 Å². The highest BCUT2D eigenvalue weighted by molar-refractivity contribution is 5.95. The maximum Gasteiger partial charge on any atom is 0.242 e. The van der Waals surface area contributed by atoms with Crippen LogP contribution in [0, 0.1) is 5.82 Å². The van der Waals surface area contributed by atoms with Crippen LogP contribution in [-0.4, -0.2) is 29.8 Å². The van der Waals surface area contributed by atoms with Crippen molar-refractivity contribution >= 4 is 17.4 Å². The Morgan fingerprint density at radius 3 is 2.88 bits per heavy atom. The third kappa shape index (κ3) is 2.50. The Morgan fingerprint density at radius 2 is 2.24 bits per heavy atom. The Morgan fingerprint density at radius 1 is 1.47 bits per heavy atom. The molecule has 1 aliphatic rings. The normalized spacial score (nSPS) is 16.6. The van der Waals surface area contributed by atoms with Crippen LogP contribution in [0.1, 0.15) is 13.3 Å². The fourth-order valence-electron chi connectivity index (χ4n) is 1.91. The van der Waals surface area contributed by atoms with Crippen LogP contribution >= 0.6 is 0 Å². The summed E-state index contributed by atoms with van der Waals surface area (Å²) in [5.74, 6) is -0.539. The lowest BCUT2D eigenvalue weighted by atomic mass is 10.3. The average molecular weight is 236 g/mol. The maximum absolute atomic E-state index is 13.1. The number of ketones is 1. The molecule has 2 rings (SSSR count). The third-order valence-corrected chi connectivity index (χ3v) is 2.56. The molecule has 0 radical (unpaired) electrons. The van der Waals surface area contributed by atoms with Gasteiger partial charge < -0.3 is 0 Å². The van der Waals surface area contributed by atoms with Crippen LogP contribution in [0.2, 0.25) is 0 Å². The molecule has 5 heteroatoms. The third-order valence-electron chi connectivity index (χ3n) is 2.56. The number of carbonyl (C=O) groups is 2. The summed E-state index contributed by atoms with van der Waals surface area (Å²) >= 11 is 0. The molecule has 1 aromatic rings. The van der Waals surface area contributed by atoms with E-state index in [1.807, 2.05) is 0 Å². The largest absolute Gasteiger partial charge is 0.298 e. The van der Waals surface area contributed by atoms with Crippen molar-refractivity contribution in [1.82, 2.24) is 5.01 Å². The first kappa shape index (κ1) is 11.7. The van der Waals surface area contributed by atoms with Crippen LogP contribution in [0.5, 0.6) is 0 Å². The van der Waals surface area contributed by atoms with Gasteiger partial charge in [0.15, 0.2) is 0 Å². The average Bonchev–Trinajstić information content (AvgIpc) is 2.59. The SMILES string of the molecule is CC(=O)CN1CCC(=O)N1c1cccc(F)c1. The molecule has 0 aliphatic carbocycles. The van der Waals surface area contributed by atoms with Gasteiger partial charge in [0.2, 0.25) is 5.91 Å². The van der Waals surface area contributed by atoms with E-state index >= 15 is 0 Å². The molecule has 17 heavy (non-hydrogen) atoms. The summed E-state index contributed by atoms with van der Waals surface area (Å²) in [6.07, 6.45) is 0.351. The summed E-state index contributed by atoms with van der Waals surface area (Å²) in [6.45, 7) is 2.13. The highest BCUT2D eigenvalue weighted by Crippen LogP contribution is 2.23. The Labute approximate surface area is 98.6 Å². The van der Waals surface area contributed by atoms with Crippen LogP contribution < -0.4 is 5.01 Å². The van der Waals surface area contributed by atoms with E-state index in [4.69, 9.17) is 0 Å². The first-order valence-electron chi connectivity index (χ1n) is 5.41. The van der Waals surface area contributed by atoms with Crippen LogP contribution in [-0.2, 0) is 9.59 Å². The summed E-state index contributed by atoms with van der Waals surface area (Å²) < 4.78 is 13.1. The Hall–Kier alpha value is -1.75. The molecule has 0 spiro atoms. The molecule has 1 amide bonds. The lowest BCUT2D eigenvalue weighted by Crippen LogP contribution is -2.41. The number of amides is 1. The topological polar surface area (TPSA) is 40.6 Å². The number of Topliss-reactive ketones (excluding diaryl/α,β-unsaturated/α-hetero) is 1. The van der Waals surface area contributed by atoms with Gasteiger partial charge in [-0.2, -0.15) is 0 Å². The highest BCUT2D eigenvalue weighted by atomic mass is 19.1. The number of hydrogen-bond acceptors (Lipinski definition) is 3. The van der Waals surface area contributed by atoms with Gasteiger partial charge in [0, 0.05) is 13.0 Å². The molecule has 4 nitrogen and oxygen atoms in total. The molecular formula is C12H13FN2O2. The van der Waals surface area contributed by atoms with E-state index in [1.54, 1.807) is 17.1 Å². The van der Waals surface area contributed by atoms with Crippen molar-refractivity contribution in [3.8, 4) is 0 Å². The van der Waals surface area contributed by atoms with Gasteiger partial charge in [-0.05, 0) is 25.1 Å². The predicted molar refractivity (Wildman–Crippen MR) is 60.8 cm³/mol. The second-order valence-electron chi connectivity index (χ2n) is 4.03. The Bertz CT molecular complexity index is 462. The van der Waals surface area contributed by atoms with Crippen molar-refractivity contribution in [2.24, 2.45) is 0 Å². The number of hydrazine groups is 1. The molecule has 0 N–H and O–H groups in total. The molecule has 1 heterocycles. The Kier molecular flexibility index (Phi) is 3.19. The molecule has 0 unspecified atom stereocenters. The lowest BCUT2D eigenvalue weighted by molar-refractivity contribution is -0.119. The molecule has 90 valence electrons. The number of nitrogens with zero attached hydrogens (tertiary/aromatic N) is 2. The van der Waals surface area contributed by atoms with E-state index in [2.05, 4.69) is 0 Å². The van der Waals surface area contributed by atoms with Gasteiger partial charge in [-0.3, -0.25) is 9.59 Å². The fraction of sp³-hybridized carbons (Fsp3) is 0.333. The molecule has 0 bridgehead atoms. The van der Waals surface area contributed by atoms with E-state index in [1.165, 1.54) is 24.1 Å². The standard InChI is InChI=1S/C12H13FN2O2/c1-9(16)8-14-6-5-12(17)15(14)11-4-2-3-10(13)7-11/h2-4,7H,5-6,8H2,1H3. The molecule has 1 saturated heterocycles. The zero-order chi connectivity index (χ0) is 12.4. The quantitative estimate of drug-likeness (QED) is 0.795. The second kappa shape index (κ2) is 4.63. The fourth-order valence-corrected chi connectivity index (χ4v) is 1.91. The lowest BCUT2D eigenvalue weighted by Gasteiger charge is -2.26. The molecule has 0 aromatic heterocycles. The van der Waals surface area contributed by atoms with Crippen molar-refractivity contribution in [2.45, 2.75) is 13.3 Å². The molecule has 0 saturated carbocycles. The monoisotopic (exact) mass is 236 g/mol. The summed E-state index contributed by atoms with van der Waals surface area (Å²) in [5.41, 5.74) is 0.466. The van der Waals surface area contributed by atoms with Gasteiger partial charge in [0.1, 0.15) is 11.6 Å². The zero-order valence-corrected chi connectivity index (χ0v) is 9.52. The van der Waals surface area contributed by atoms with Gasteiger partial charge in [0.25, 0.3) is 0 Å². The van der Waals surface area contributed by atoms with Gasteiger partial charge in [-0.25, -0.2) is 14.4 Å². The van der Waals surface area contributed by atoms with Gasteiger partial charge in [-0.15, -0.1) is 0 Å². The number of benzene rings is 1. The van der Waals surface area contributed by atoms with Crippen molar-refractivity contribution in [3.63, 3.8) is 0 Å².